The summed E-state index contributed by atoms with van der Waals surface area (Å²) in [6, 6.07) is 13.0. The van der Waals surface area contributed by atoms with Crippen molar-refractivity contribution in [2.45, 2.75) is 66.1 Å². The molecule has 0 radical (unpaired) electrons. The molecule has 2 aromatic rings. The summed E-state index contributed by atoms with van der Waals surface area (Å²) in [5.74, 6) is -0.219. The Balaban J connectivity index is 2.35. The molecule has 0 aliphatic rings. The molecule has 0 fully saturated rings. The van der Waals surface area contributed by atoms with Crippen LogP contribution >= 0.6 is 11.6 Å². The molecule has 0 aliphatic carbocycles. The quantitative estimate of drug-likeness (QED) is 0.672. The highest BCUT2D eigenvalue weighted by Crippen LogP contribution is 2.21. The van der Waals surface area contributed by atoms with Gasteiger partial charge < -0.3 is 10.2 Å². The predicted molar refractivity (Wildman–Crippen MR) is 119 cm³/mol. The predicted octanol–water partition coefficient (Wildman–Crippen LogP) is 4.83. The number of benzene rings is 2. The van der Waals surface area contributed by atoms with Crippen LogP contribution in [0.2, 0.25) is 5.02 Å². The summed E-state index contributed by atoms with van der Waals surface area (Å²) in [6.07, 6.45) is 0.778. The van der Waals surface area contributed by atoms with Crippen LogP contribution in [0.4, 0.5) is 0 Å². The smallest absolute Gasteiger partial charge is 0.243 e. The van der Waals surface area contributed by atoms with E-state index in [4.69, 9.17) is 11.6 Å². The van der Waals surface area contributed by atoms with Gasteiger partial charge in [0.25, 0.3) is 0 Å². The van der Waals surface area contributed by atoms with Gasteiger partial charge in [-0.1, -0.05) is 66.0 Å². The van der Waals surface area contributed by atoms with Crippen molar-refractivity contribution in [3.05, 3.63) is 69.7 Å². The molecule has 2 rings (SSSR count). The maximum absolute atomic E-state index is 13.3. The topological polar surface area (TPSA) is 49.4 Å². The largest absolute Gasteiger partial charge is 0.352 e. The molecule has 156 valence electrons. The van der Waals surface area contributed by atoms with Gasteiger partial charge in [0, 0.05) is 17.6 Å². The third kappa shape index (κ3) is 6.60. The molecule has 0 saturated heterocycles. The summed E-state index contributed by atoms with van der Waals surface area (Å²) in [5, 5.41) is 3.54. The van der Waals surface area contributed by atoms with E-state index in [0.717, 1.165) is 22.3 Å². The van der Waals surface area contributed by atoms with Crippen LogP contribution in [0.5, 0.6) is 0 Å². The van der Waals surface area contributed by atoms with Gasteiger partial charge in [0.15, 0.2) is 0 Å². The van der Waals surface area contributed by atoms with Crippen LogP contribution in [0, 0.1) is 13.8 Å². The number of halogens is 1. The van der Waals surface area contributed by atoms with Gasteiger partial charge in [0.05, 0.1) is 6.42 Å². The minimum atomic E-state index is -0.549. The van der Waals surface area contributed by atoms with Crippen LogP contribution < -0.4 is 5.32 Å². The lowest BCUT2D eigenvalue weighted by Crippen LogP contribution is -2.50. The van der Waals surface area contributed by atoms with Crippen molar-refractivity contribution in [3.8, 4) is 0 Å². The summed E-state index contributed by atoms with van der Waals surface area (Å²) >= 11 is 6.35. The first-order valence-corrected chi connectivity index (χ1v) is 10.5. The molecule has 0 heterocycles. The fraction of sp³-hybridized carbons (Fsp3) is 0.417. The monoisotopic (exact) mass is 414 g/mol. The van der Waals surface area contributed by atoms with Crippen molar-refractivity contribution >= 4 is 23.4 Å². The Morgan fingerprint density at radius 2 is 1.69 bits per heavy atom. The molecular formula is C24H31ClN2O2. The van der Waals surface area contributed by atoms with Crippen LogP contribution in [0.25, 0.3) is 0 Å². The molecule has 0 bridgehead atoms. The van der Waals surface area contributed by atoms with E-state index in [2.05, 4.69) is 11.4 Å². The van der Waals surface area contributed by atoms with E-state index in [1.807, 2.05) is 65.0 Å². The highest BCUT2D eigenvalue weighted by Gasteiger charge is 2.29. The SMILES string of the molecule is CC[C@@H](C(=O)NC(C)C)N(Cc1ccccc1Cl)C(=O)Cc1cc(C)cc(C)c1. The number of carbonyl (C=O) groups is 2. The van der Waals surface area contributed by atoms with Gasteiger partial charge in [-0.2, -0.15) is 0 Å². The van der Waals surface area contributed by atoms with Gasteiger partial charge in [-0.15, -0.1) is 0 Å². The van der Waals surface area contributed by atoms with Gasteiger partial charge in [-0.05, 0) is 51.3 Å². The molecule has 29 heavy (non-hydrogen) atoms. The molecule has 0 unspecified atom stereocenters. The first-order valence-electron chi connectivity index (χ1n) is 10.1. The number of aryl methyl sites for hydroxylation is 2. The van der Waals surface area contributed by atoms with Gasteiger partial charge >= 0.3 is 0 Å². The molecule has 1 N–H and O–H groups in total. The van der Waals surface area contributed by atoms with E-state index in [9.17, 15) is 9.59 Å². The lowest BCUT2D eigenvalue weighted by atomic mass is 10.0. The van der Waals surface area contributed by atoms with Crippen molar-refractivity contribution in [1.29, 1.82) is 0 Å². The summed E-state index contributed by atoms with van der Waals surface area (Å²) in [7, 11) is 0. The molecule has 4 nitrogen and oxygen atoms in total. The van der Waals surface area contributed by atoms with E-state index < -0.39 is 6.04 Å². The molecule has 2 aromatic carbocycles. The van der Waals surface area contributed by atoms with Gasteiger partial charge in [-0.25, -0.2) is 0 Å². The number of rotatable bonds is 8. The molecule has 0 spiro atoms. The molecule has 5 heteroatoms. The average Bonchev–Trinajstić information content (AvgIpc) is 2.61. The van der Waals surface area contributed by atoms with Gasteiger partial charge in [0.1, 0.15) is 6.04 Å². The average molecular weight is 415 g/mol. The number of nitrogens with zero attached hydrogens (tertiary/aromatic N) is 1. The second kappa shape index (κ2) is 10.4. The van der Waals surface area contributed by atoms with Crippen molar-refractivity contribution in [2.24, 2.45) is 0 Å². The zero-order chi connectivity index (χ0) is 21.6. The van der Waals surface area contributed by atoms with Crippen LogP contribution in [0.3, 0.4) is 0 Å². The van der Waals surface area contributed by atoms with Crippen molar-refractivity contribution < 1.29 is 9.59 Å². The normalized spacial score (nSPS) is 12.0. The van der Waals surface area contributed by atoms with E-state index in [1.165, 1.54) is 0 Å². The molecule has 2 amide bonds. The zero-order valence-corrected chi connectivity index (χ0v) is 18.7. The van der Waals surface area contributed by atoms with E-state index in [-0.39, 0.29) is 24.3 Å². The first-order chi connectivity index (χ1) is 13.7. The van der Waals surface area contributed by atoms with E-state index in [0.29, 0.717) is 18.0 Å². The maximum Gasteiger partial charge on any atom is 0.243 e. The maximum atomic E-state index is 13.3. The van der Waals surface area contributed by atoms with Crippen molar-refractivity contribution in [3.63, 3.8) is 0 Å². The fourth-order valence-corrected chi connectivity index (χ4v) is 3.75. The van der Waals surface area contributed by atoms with Crippen molar-refractivity contribution in [2.75, 3.05) is 0 Å². The molecular weight excluding hydrogens is 384 g/mol. The minimum Gasteiger partial charge on any atom is -0.352 e. The Morgan fingerprint density at radius 1 is 1.07 bits per heavy atom. The van der Waals surface area contributed by atoms with Crippen LogP contribution in [0.1, 0.15) is 49.4 Å². The highest BCUT2D eigenvalue weighted by atomic mass is 35.5. The van der Waals surface area contributed by atoms with E-state index >= 15 is 0 Å². The van der Waals surface area contributed by atoms with Gasteiger partial charge in [0.2, 0.25) is 11.8 Å². The third-order valence-corrected chi connectivity index (χ3v) is 5.12. The lowest BCUT2D eigenvalue weighted by molar-refractivity contribution is -0.141. The van der Waals surface area contributed by atoms with Crippen LogP contribution in [-0.2, 0) is 22.6 Å². The van der Waals surface area contributed by atoms with Gasteiger partial charge in [-0.3, -0.25) is 9.59 Å². The fourth-order valence-electron chi connectivity index (χ4n) is 3.56. The second-order valence-corrected chi connectivity index (χ2v) is 8.28. The molecule has 0 aliphatic heterocycles. The van der Waals surface area contributed by atoms with Crippen molar-refractivity contribution in [1.82, 2.24) is 10.2 Å². The number of amides is 2. The van der Waals surface area contributed by atoms with Crippen LogP contribution in [-0.4, -0.2) is 28.8 Å². The van der Waals surface area contributed by atoms with Crippen LogP contribution in [0.15, 0.2) is 42.5 Å². The number of carbonyl (C=O) groups excluding carboxylic acids is 2. The Hall–Kier alpha value is -2.33. The van der Waals surface area contributed by atoms with E-state index in [1.54, 1.807) is 11.0 Å². The first kappa shape index (κ1) is 23.0. The Labute approximate surface area is 179 Å². The molecule has 0 aromatic heterocycles. The summed E-state index contributed by atoms with van der Waals surface area (Å²) < 4.78 is 0. The summed E-state index contributed by atoms with van der Waals surface area (Å²) in [5.41, 5.74) is 4.03. The Kier molecular flexibility index (Phi) is 8.27. The third-order valence-electron chi connectivity index (χ3n) is 4.75. The lowest BCUT2D eigenvalue weighted by Gasteiger charge is -2.31. The standard InChI is InChI=1S/C24H31ClN2O2/c1-6-22(24(29)26-16(2)3)27(15-20-9-7-8-10-21(20)25)23(28)14-19-12-17(4)11-18(5)13-19/h7-13,16,22H,6,14-15H2,1-5H3,(H,26,29)/t22-/m0/s1. The second-order valence-electron chi connectivity index (χ2n) is 7.87. The summed E-state index contributed by atoms with van der Waals surface area (Å²) in [6.45, 7) is 10.1. The number of nitrogens with one attached hydrogen (secondary N) is 1. The number of hydrogen-bond acceptors (Lipinski definition) is 2. The Morgan fingerprint density at radius 3 is 2.24 bits per heavy atom. The summed E-state index contributed by atoms with van der Waals surface area (Å²) in [4.78, 5) is 27.8. The highest BCUT2D eigenvalue weighted by molar-refractivity contribution is 6.31. The molecule has 1 atom stereocenters. The Bertz CT molecular complexity index is 843. The molecule has 0 saturated carbocycles. The zero-order valence-electron chi connectivity index (χ0n) is 18.0. The number of hydrogen-bond donors (Lipinski definition) is 1. The minimum absolute atomic E-state index is 0.00763.